The van der Waals surface area contributed by atoms with E-state index in [2.05, 4.69) is 25.3 Å². The van der Waals surface area contributed by atoms with Crippen LogP contribution < -0.4 is 10.2 Å². The molecule has 1 N–H and O–H groups in total. The van der Waals surface area contributed by atoms with Gasteiger partial charge in [-0.05, 0) is 44.0 Å². The molecule has 0 amide bonds. The fraction of sp³-hybridized carbons (Fsp3) is 0.263. The molecule has 0 aliphatic carbocycles. The van der Waals surface area contributed by atoms with Crippen LogP contribution >= 0.6 is 0 Å². The van der Waals surface area contributed by atoms with Crippen molar-refractivity contribution in [2.75, 3.05) is 23.3 Å². The number of hydrogen-bond acceptors (Lipinski definition) is 6. The Hall–Kier alpha value is -3.42. The van der Waals surface area contributed by atoms with E-state index < -0.39 is 0 Å². The zero-order valence-corrected chi connectivity index (χ0v) is 15.1. The van der Waals surface area contributed by atoms with Crippen molar-refractivity contribution in [3.05, 3.63) is 54.9 Å². The Morgan fingerprint density at radius 3 is 2.85 bits per heavy atom. The van der Waals surface area contributed by atoms with E-state index in [4.69, 9.17) is 4.98 Å². The molecular formula is C19H20N8. The summed E-state index contributed by atoms with van der Waals surface area (Å²) in [5.74, 6) is 2.24. The Balaban J connectivity index is 1.48. The van der Waals surface area contributed by atoms with E-state index in [0.717, 1.165) is 47.6 Å². The van der Waals surface area contributed by atoms with Crippen LogP contribution in [0, 0.1) is 6.92 Å². The third-order valence-corrected chi connectivity index (χ3v) is 4.78. The van der Waals surface area contributed by atoms with Crippen molar-refractivity contribution in [3.8, 4) is 5.69 Å². The topological polar surface area (TPSA) is 76.2 Å². The van der Waals surface area contributed by atoms with E-state index >= 15 is 0 Å². The predicted octanol–water partition coefficient (Wildman–Crippen LogP) is 2.96. The first-order chi connectivity index (χ1) is 13.3. The highest BCUT2D eigenvalue weighted by molar-refractivity contribution is 5.73. The monoisotopic (exact) mass is 360 g/mol. The second-order valence-corrected chi connectivity index (χ2v) is 6.74. The minimum Gasteiger partial charge on any atom is -0.340 e. The quantitative estimate of drug-likeness (QED) is 0.603. The van der Waals surface area contributed by atoms with Crippen molar-refractivity contribution in [1.29, 1.82) is 0 Å². The number of anilines is 3. The van der Waals surface area contributed by atoms with Gasteiger partial charge >= 0.3 is 0 Å². The number of hydrogen-bond donors (Lipinski definition) is 1. The molecule has 0 unspecified atom stereocenters. The number of nitrogens with one attached hydrogen (secondary N) is 1. The molecule has 0 spiro atoms. The Labute approximate surface area is 156 Å². The molecule has 1 aliphatic heterocycles. The van der Waals surface area contributed by atoms with Crippen molar-refractivity contribution in [3.63, 3.8) is 0 Å². The van der Waals surface area contributed by atoms with E-state index in [9.17, 15) is 0 Å². The van der Waals surface area contributed by atoms with Crippen LogP contribution in [-0.4, -0.2) is 42.2 Å². The largest absolute Gasteiger partial charge is 0.340 e. The van der Waals surface area contributed by atoms with E-state index in [-0.39, 0.29) is 0 Å². The molecule has 136 valence electrons. The molecule has 4 aromatic rings. The first-order valence-electron chi connectivity index (χ1n) is 9.11. The summed E-state index contributed by atoms with van der Waals surface area (Å²) in [5.41, 5.74) is 2.92. The third kappa shape index (κ3) is 2.99. The van der Waals surface area contributed by atoms with Crippen LogP contribution in [0.5, 0.6) is 0 Å². The SMILES string of the molecule is Cc1cc(-n2cnc(Nc3nc(N4CCCC4)nn4cccc34)c2)ccn1. The second-order valence-electron chi connectivity index (χ2n) is 6.74. The van der Waals surface area contributed by atoms with E-state index in [1.54, 1.807) is 12.5 Å². The molecule has 27 heavy (non-hydrogen) atoms. The average molecular weight is 360 g/mol. The molecule has 0 aromatic carbocycles. The number of imidazole rings is 1. The molecule has 0 bridgehead atoms. The smallest absolute Gasteiger partial charge is 0.245 e. The molecule has 5 rings (SSSR count). The molecule has 0 atom stereocenters. The lowest BCUT2D eigenvalue weighted by Crippen LogP contribution is -2.22. The Bertz CT molecular complexity index is 1090. The van der Waals surface area contributed by atoms with Gasteiger partial charge in [-0.2, -0.15) is 4.98 Å². The molecule has 8 nitrogen and oxygen atoms in total. The van der Waals surface area contributed by atoms with E-state index in [1.165, 1.54) is 12.8 Å². The lowest BCUT2D eigenvalue weighted by molar-refractivity contribution is 0.827. The lowest BCUT2D eigenvalue weighted by atomic mass is 10.3. The maximum atomic E-state index is 4.77. The number of aromatic nitrogens is 6. The fourth-order valence-electron chi connectivity index (χ4n) is 3.41. The van der Waals surface area contributed by atoms with Crippen molar-refractivity contribution in [1.82, 2.24) is 29.1 Å². The van der Waals surface area contributed by atoms with Crippen LogP contribution in [0.1, 0.15) is 18.5 Å². The lowest BCUT2D eigenvalue weighted by Gasteiger charge is -2.16. The summed E-state index contributed by atoms with van der Waals surface area (Å²) in [4.78, 5) is 15.7. The van der Waals surface area contributed by atoms with Gasteiger partial charge in [-0.15, -0.1) is 5.10 Å². The number of fused-ring (bicyclic) bond motifs is 1. The summed E-state index contributed by atoms with van der Waals surface area (Å²) in [7, 11) is 0. The van der Waals surface area contributed by atoms with Crippen LogP contribution in [0.3, 0.4) is 0 Å². The highest BCUT2D eigenvalue weighted by Gasteiger charge is 2.18. The summed E-state index contributed by atoms with van der Waals surface area (Å²) >= 11 is 0. The van der Waals surface area contributed by atoms with Crippen LogP contribution in [0.15, 0.2) is 49.2 Å². The zero-order chi connectivity index (χ0) is 18.2. The van der Waals surface area contributed by atoms with Crippen LogP contribution in [-0.2, 0) is 0 Å². The summed E-state index contributed by atoms with van der Waals surface area (Å²) in [6, 6.07) is 7.95. The maximum Gasteiger partial charge on any atom is 0.245 e. The fourth-order valence-corrected chi connectivity index (χ4v) is 3.41. The maximum absolute atomic E-state index is 4.77. The van der Waals surface area contributed by atoms with Gasteiger partial charge in [-0.3, -0.25) is 4.98 Å². The second kappa shape index (κ2) is 6.39. The molecule has 8 heteroatoms. The summed E-state index contributed by atoms with van der Waals surface area (Å²) < 4.78 is 3.83. The van der Waals surface area contributed by atoms with Crippen molar-refractivity contribution >= 4 is 23.1 Å². The minimum absolute atomic E-state index is 0.735. The number of pyridine rings is 1. The first kappa shape index (κ1) is 15.8. The Kier molecular flexibility index (Phi) is 3.74. The van der Waals surface area contributed by atoms with Crippen LogP contribution in [0.4, 0.5) is 17.6 Å². The molecule has 0 saturated carbocycles. The van der Waals surface area contributed by atoms with Crippen molar-refractivity contribution < 1.29 is 0 Å². The van der Waals surface area contributed by atoms with Gasteiger partial charge in [0.05, 0.1) is 6.20 Å². The normalized spacial score (nSPS) is 14.2. The minimum atomic E-state index is 0.735. The molecule has 5 heterocycles. The highest BCUT2D eigenvalue weighted by atomic mass is 15.4. The van der Waals surface area contributed by atoms with Gasteiger partial charge in [0.25, 0.3) is 0 Å². The standard InChI is InChI=1S/C19H20N8/c1-14-11-15(6-7-20-14)26-12-17(21-13-26)22-18-16-5-4-10-27(16)24-19(23-18)25-8-2-3-9-25/h4-7,10-13H,2-3,8-9H2,1H3,(H,22,23,24). The molecular weight excluding hydrogens is 340 g/mol. The van der Waals surface area contributed by atoms with Crippen molar-refractivity contribution in [2.24, 2.45) is 0 Å². The predicted molar refractivity (Wildman–Crippen MR) is 104 cm³/mol. The Morgan fingerprint density at radius 2 is 2.00 bits per heavy atom. The first-order valence-corrected chi connectivity index (χ1v) is 9.11. The molecule has 1 saturated heterocycles. The van der Waals surface area contributed by atoms with Crippen molar-refractivity contribution in [2.45, 2.75) is 19.8 Å². The summed E-state index contributed by atoms with van der Waals surface area (Å²) in [5, 5.41) is 8.00. The van der Waals surface area contributed by atoms with Gasteiger partial charge in [-0.25, -0.2) is 9.50 Å². The highest BCUT2D eigenvalue weighted by Crippen LogP contribution is 2.24. The molecule has 4 aromatic heterocycles. The van der Waals surface area contributed by atoms with Gasteiger partial charge in [0.2, 0.25) is 5.95 Å². The Morgan fingerprint density at radius 1 is 1.11 bits per heavy atom. The van der Waals surface area contributed by atoms with Gasteiger partial charge < -0.3 is 14.8 Å². The number of aryl methyl sites for hydroxylation is 1. The number of rotatable bonds is 4. The molecule has 1 fully saturated rings. The van der Waals surface area contributed by atoms with Gasteiger partial charge in [0.1, 0.15) is 17.7 Å². The summed E-state index contributed by atoms with van der Waals surface area (Å²) in [6.45, 7) is 3.98. The third-order valence-electron chi connectivity index (χ3n) is 4.78. The van der Waals surface area contributed by atoms with Gasteiger partial charge in [0, 0.05) is 36.9 Å². The van der Waals surface area contributed by atoms with Crippen LogP contribution in [0.25, 0.3) is 11.2 Å². The van der Waals surface area contributed by atoms with E-state index in [1.807, 2.05) is 52.7 Å². The van der Waals surface area contributed by atoms with E-state index in [0.29, 0.717) is 0 Å². The van der Waals surface area contributed by atoms with Gasteiger partial charge in [0.15, 0.2) is 5.82 Å². The molecule has 0 radical (unpaired) electrons. The average Bonchev–Trinajstić information content (AvgIpc) is 3.43. The van der Waals surface area contributed by atoms with Gasteiger partial charge in [-0.1, -0.05) is 0 Å². The zero-order valence-electron chi connectivity index (χ0n) is 15.1. The summed E-state index contributed by atoms with van der Waals surface area (Å²) in [6.07, 6.45) is 9.85. The number of nitrogens with zero attached hydrogens (tertiary/aromatic N) is 7. The molecule has 1 aliphatic rings. The van der Waals surface area contributed by atoms with Crippen LogP contribution in [0.2, 0.25) is 0 Å².